The van der Waals surface area contributed by atoms with E-state index in [1.54, 1.807) is 19.1 Å². The van der Waals surface area contributed by atoms with Gasteiger partial charge >= 0.3 is 0 Å². The lowest BCUT2D eigenvalue weighted by Gasteiger charge is -2.22. The lowest BCUT2D eigenvalue weighted by Crippen LogP contribution is -2.24. The number of hydrogen-bond donors (Lipinski definition) is 3. The SMILES string of the molecule is C=C/C=C(/C)C(=C)C(N)=O.CC.CCN(CCO)/C(C)=C/C=C(\C)C=N. The summed E-state index contributed by atoms with van der Waals surface area (Å²) in [5, 5.41) is 15.8. The first kappa shape index (κ1) is 28.4. The van der Waals surface area contributed by atoms with Gasteiger partial charge in [-0.15, -0.1) is 0 Å². The third kappa shape index (κ3) is 15.1. The van der Waals surface area contributed by atoms with Crippen LogP contribution in [0.15, 0.2) is 59.9 Å². The quantitative estimate of drug-likeness (QED) is 0.329. The van der Waals surface area contributed by atoms with Crippen LogP contribution in [0.25, 0.3) is 0 Å². The highest BCUT2D eigenvalue weighted by Crippen LogP contribution is 2.04. The summed E-state index contributed by atoms with van der Waals surface area (Å²) in [6.45, 7) is 20.4. The number of rotatable bonds is 9. The molecule has 4 N–H and O–H groups in total. The summed E-state index contributed by atoms with van der Waals surface area (Å²) in [4.78, 5) is 12.6. The van der Waals surface area contributed by atoms with Gasteiger partial charge in [0.15, 0.2) is 0 Å². The lowest BCUT2D eigenvalue weighted by molar-refractivity contribution is -0.114. The Balaban J connectivity index is -0.000000388. The molecular formula is C21H37N3O2. The van der Waals surface area contributed by atoms with Crippen molar-refractivity contribution < 1.29 is 9.90 Å². The fourth-order valence-corrected chi connectivity index (χ4v) is 1.58. The van der Waals surface area contributed by atoms with Crippen LogP contribution in [0.5, 0.6) is 0 Å². The highest BCUT2D eigenvalue weighted by molar-refractivity contribution is 5.95. The molecule has 0 aliphatic rings. The maximum Gasteiger partial charge on any atom is 0.248 e. The van der Waals surface area contributed by atoms with Gasteiger partial charge in [-0.25, -0.2) is 0 Å². The smallest absolute Gasteiger partial charge is 0.248 e. The van der Waals surface area contributed by atoms with Gasteiger partial charge in [-0.2, -0.15) is 0 Å². The summed E-state index contributed by atoms with van der Waals surface area (Å²) in [6.07, 6.45) is 8.48. The molecule has 0 atom stereocenters. The van der Waals surface area contributed by atoms with Crippen molar-refractivity contribution in [2.75, 3.05) is 19.7 Å². The number of nitrogens with zero attached hydrogens (tertiary/aromatic N) is 1. The molecule has 0 saturated heterocycles. The molecule has 0 fully saturated rings. The van der Waals surface area contributed by atoms with E-state index in [1.807, 2.05) is 39.8 Å². The molecule has 0 aromatic carbocycles. The Morgan fingerprint density at radius 3 is 2.08 bits per heavy atom. The molecule has 0 saturated carbocycles. The van der Waals surface area contributed by atoms with Gasteiger partial charge in [-0.1, -0.05) is 45.2 Å². The van der Waals surface area contributed by atoms with Crippen molar-refractivity contribution in [3.8, 4) is 0 Å². The second-order valence-corrected chi connectivity index (χ2v) is 5.09. The van der Waals surface area contributed by atoms with Crippen LogP contribution in [-0.2, 0) is 4.79 Å². The Kier molecular flexibility index (Phi) is 20.7. The summed E-state index contributed by atoms with van der Waals surface area (Å²) in [5.74, 6) is -0.490. The minimum atomic E-state index is -0.490. The average molecular weight is 364 g/mol. The second kappa shape index (κ2) is 18.9. The standard InChI is InChI=1S/C11H20N2O.C8H11NO.C2H6/c1-4-13(7-8-14)11(3)6-5-10(2)9-12;1-4-5-6(2)7(3)8(9)10;1-2/h5-6,9,12,14H,4,7-8H2,1-3H3;4-5H,1,3H2,2H3,(H2,9,10);1-2H3/b10-5+,11-6+,12-9?;6-5-;. The van der Waals surface area contributed by atoms with Gasteiger partial charge in [-0.05, 0) is 44.9 Å². The topological polar surface area (TPSA) is 90.4 Å². The highest BCUT2D eigenvalue weighted by Gasteiger charge is 2.01. The fraction of sp³-hybridized carbons (Fsp3) is 0.429. The maximum atomic E-state index is 10.5. The Morgan fingerprint density at radius 2 is 1.73 bits per heavy atom. The minimum Gasteiger partial charge on any atom is -0.395 e. The van der Waals surface area contributed by atoms with Gasteiger partial charge in [0.25, 0.3) is 0 Å². The van der Waals surface area contributed by atoms with E-state index in [0.29, 0.717) is 12.1 Å². The van der Waals surface area contributed by atoms with Crippen LogP contribution >= 0.6 is 0 Å². The largest absolute Gasteiger partial charge is 0.395 e. The molecule has 0 aromatic heterocycles. The number of hydrogen-bond acceptors (Lipinski definition) is 4. The Bertz CT molecular complexity index is 529. The first-order valence-electron chi connectivity index (χ1n) is 8.74. The number of allylic oxidation sites excluding steroid dienone is 6. The zero-order valence-electron chi connectivity index (χ0n) is 17.3. The van der Waals surface area contributed by atoms with E-state index in [1.165, 1.54) is 6.21 Å². The molecule has 1 amide bonds. The van der Waals surface area contributed by atoms with E-state index in [9.17, 15) is 4.79 Å². The van der Waals surface area contributed by atoms with Crippen molar-refractivity contribution in [2.24, 2.45) is 5.73 Å². The molecule has 5 nitrogen and oxygen atoms in total. The molecule has 0 bridgehead atoms. The van der Waals surface area contributed by atoms with Gasteiger partial charge in [-0.3, -0.25) is 4.79 Å². The molecular weight excluding hydrogens is 326 g/mol. The molecule has 148 valence electrons. The highest BCUT2D eigenvalue weighted by atomic mass is 16.3. The number of amides is 1. The number of carbonyl (C=O) groups is 1. The normalized spacial score (nSPS) is 11.3. The van der Waals surface area contributed by atoms with Crippen molar-refractivity contribution in [1.29, 1.82) is 5.41 Å². The van der Waals surface area contributed by atoms with Crippen LogP contribution in [0.2, 0.25) is 0 Å². The summed E-state index contributed by atoms with van der Waals surface area (Å²) in [6, 6.07) is 0. The first-order chi connectivity index (χ1) is 12.2. The molecule has 0 aromatic rings. The monoisotopic (exact) mass is 363 g/mol. The van der Waals surface area contributed by atoms with Crippen LogP contribution in [0.3, 0.4) is 0 Å². The van der Waals surface area contributed by atoms with Gasteiger partial charge in [0.1, 0.15) is 0 Å². The predicted octanol–water partition coefficient (Wildman–Crippen LogP) is 3.99. The van der Waals surface area contributed by atoms with Crippen LogP contribution in [0.1, 0.15) is 41.5 Å². The Labute approximate surface area is 159 Å². The maximum absolute atomic E-state index is 10.5. The van der Waals surface area contributed by atoms with Crippen LogP contribution in [0, 0.1) is 5.41 Å². The summed E-state index contributed by atoms with van der Waals surface area (Å²) < 4.78 is 0. The van der Waals surface area contributed by atoms with Crippen molar-refractivity contribution in [1.82, 2.24) is 4.90 Å². The number of carbonyl (C=O) groups excluding carboxylic acids is 1. The molecule has 0 aliphatic carbocycles. The van der Waals surface area contributed by atoms with E-state index in [-0.39, 0.29) is 6.61 Å². The third-order valence-electron chi connectivity index (χ3n) is 3.21. The van der Waals surface area contributed by atoms with Crippen molar-refractivity contribution in [2.45, 2.75) is 41.5 Å². The number of aliphatic hydroxyl groups is 1. The first-order valence-corrected chi connectivity index (χ1v) is 8.74. The minimum absolute atomic E-state index is 0.173. The van der Waals surface area contributed by atoms with E-state index in [2.05, 4.69) is 25.0 Å². The average Bonchev–Trinajstić information content (AvgIpc) is 2.65. The van der Waals surface area contributed by atoms with E-state index in [0.717, 1.165) is 23.4 Å². The molecule has 0 aliphatic heterocycles. The van der Waals surface area contributed by atoms with Crippen LogP contribution in [-0.4, -0.2) is 41.8 Å². The number of aliphatic hydroxyl groups excluding tert-OH is 1. The number of nitrogens with two attached hydrogens (primary N) is 1. The third-order valence-corrected chi connectivity index (χ3v) is 3.21. The molecule has 0 heterocycles. The molecule has 5 heteroatoms. The zero-order chi connectivity index (χ0) is 21.1. The van der Waals surface area contributed by atoms with Crippen LogP contribution < -0.4 is 5.73 Å². The Hall–Kier alpha value is -2.40. The van der Waals surface area contributed by atoms with Crippen LogP contribution in [0.4, 0.5) is 0 Å². The van der Waals surface area contributed by atoms with Gasteiger partial charge < -0.3 is 21.1 Å². The number of primary amides is 1. The molecule has 26 heavy (non-hydrogen) atoms. The molecule has 0 spiro atoms. The van der Waals surface area contributed by atoms with Gasteiger partial charge in [0, 0.05) is 30.6 Å². The lowest BCUT2D eigenvalue weighted by atomic mass is 10.1. The predicted molar refractivity (Wildman–Crippen MR) is 114 cm³/mol. The number of likely N-dealkylation sites (N-methyl/N-ethyl adjacent to an activating group) is 1. The van der Waals surface area contributed by atoms with Gasteiger partial charge in [0.2, 0.25) is 5.91 Å². The summed E-state index contributed by atoms with van der Waals surface area (Å²) >= 11 is 0. The van der Waals surface area contributed by atoms with Crippen molar-refractivity contribution in [3.05, 3.63) is 59.9 Å². The molecule has 0 rings (SSSR count). The number of nitrogens with one attached hydrogen (secondary N) is 1. The molecule has 0 unspecified atom stereocenters. The molecule has 0 radical (unpaired) electrons. The second-order valence-electron chi connectivity index (χ2n) is 5.09. The Morgan fingerprint density at radius 1 is 1.19 bits per heavy atom. The van der Waals surface area contributed by atoms with E-state index in [4.69, 9.17) is 16.2 Å². The summed E-state index contributed by atoms with van der Waals surface area (Å²) in [7, 11) is 0. The van der Waals surface area contributed by atoms with Gasteiger partial charge in [0.05, 0.1) is 6.61 Å². The van der Waals surface area contributed by atoms with Crippen molar-refractivity contribution >= 4 is 12.1 Å². The van der Waals surface area contributed by atoms with Crippen molar-refractivity contribution in [3.63, 3.8) is 0 Å². The zero-order valence-corrected chi connectivity index (χ0v) is 17.3. The summed E-state index contributed by atoms with van der Waals surface area (Å²) in [5.41, 5.74) is 8.07. The van der Waals surface area contributed by atoms with E-state index < -0.39 is 5.91 Å². The fourth-order valence-electron chi connectivity index (χ4n) is 1.58. The van der Waals surface area contributed by atoms with E-state index >= 15 is 0 Å².